The Bertz CT molecular complexity index is 807. The van der Waals surface area contributed by atoms with Gasteiger partial charge < -0.3 is 5.32 Å². The molecule has 24 heavy (non-hydrogen) atoms. The average Bonchev–Trinajstić information content (AvgIpc) is 3.03. The topological polar surface area (TPSA) is 55.1 Å². The zero-order chi connectivity index (χ0) is 17.2. The number of anilines is 1. The maximum atomic E-state index is 4.50. The van der Waals surface area contributed by atoms with E-state index in [1.807, 2.05) is 0 Å². The molecule has 1 N–H and O–H groups in total. The highest BCUT2D eigenvalue weighted by atomic mass is 15.3. The van der Waals surface area contributed by atoms with Crippen LogP contribution >= 0.6 is 0 Å². The summed E-state index contributed by atoms with van der Waals surface area (Å²) in [6, 6.07) is 13.0. The van der Waals surface area contributed by atoms with Gasteiger partial charge in [-0.15, -0.1) is 10.2 Å². The largest absolute Gasteiger partial charge is 0.379 e. The molecule has 0 radical (unpaired) electrons. The van der Waals surface area contributed by atoms with Crippen molar-refractivity contribution in [3.8, 4) is 0 Å². The molecule has 1 atom stereocenters. The first-order valence-electron chi connectivity index (χ1n) is 8.51. The molecule has 5 heteroatoms. The quantitative estimate of drug-likeness (QED) is 0.748. The zero-order valence-electron chi connectivity index (χ0n) is 14.8. The summed E-state index contributed by atoms with van der Waals surface area (Å²) in [7, 11) is 0. The van der Waals surface area contributed by atoms with Crippen molar-refractivity contribution in [1.29, 1.82) is 0 Å². The number of aromatic nitrogens is 4. The molecular formula is C19H25N5. The highest BCUT2D eigenvalue weighted by Crippen LogP contribution is 2.29. The van der Waals surface area contributed by atoms with Crippen LogP contribution in [0.2, 0.25) is 0 Å². The molecule has 1 aromatic carbocycles. The monoisotopic (exact) mass is 323 g/mol. The lowest BCUT2D eigenvalue weighted by Crippen LogP contribution is -2.28. The summed E-state index contributed by atoms with van der Waals surface area (Å²) in [4.78, 5) is 0. The van der Waals surface area contributed by atoms with E-state index < -0.39 is 0 Å². The number of fused-ring (bicyclic) bond motifs is 1. The van der Waals surface area contributed by atoms with Crippen molar-refractivity contribution < 1.29 is 0 Å². The van der Waals surface area contributed by atoms with Gasteiger partial charge in [0.1, 0.15) is 6.33 Å². The summed E-state index contributed by atoms with van der Waals surface area (Å²) in [5, 5.41) is 16.3. The lowest BCUT2D eigenvalue weighted by Gasteiger charge is -2.29. The van der Waals surface area contributed by atoms with Crippen molar-refractivity contribution in [2.45, 2.75) is 52.0 Å². The van der Waals surface area contributed by atoms with Crippen LogP contribution in [0.4, 0.5) is 5.69 Å². The second-order valence-corrected chi connectivity index (χ2v) is 7.00. The molecule has 0 aliphatic rings. The lowest BCUT2D eigenvalue weighted by atomic mass is 9.79. The maximum Gasteiger partial charge on any atom is 0.200 e. The van der Waals surface area contributed by atoms with Gasteiger partial charge in [-0.1, -0.05) is 51.1 Å². The molecular weight excluding hydrogens is 298 g/mol. The molecule has 2 aromatic heterocycles. The number of nitrogens with zero attached hydrogens (tertiary/aromatic N) is 4. The summed E-state index contributed by atoms with van der Waals surface area (Å²) in [5.41, 5.74) is 4.25. The van der Waals surface area contributed by atoms with Crippen molar-refractivity contribution >= 4 is 11.3 Å². The molecule has 0 aliphatic carbocycles. The third-order valence-electron chi connectivity index (χ3n) is 4.45. The average molecular weight is 323 g/mol. The number of hydrogen-bond acceptors (Lipinski definition) is 4. The van der Waals surface area contributed by atoms with Gasteiger partial charge in [0.15, 0.2) is 0 Å². The highest BCUT2D eigenvalue weighted by molar-refractivity contribution is 5.67. The van der Waals surface area contributed by atoms with Crippen LogP contribution in [0.3, 0.4) is 0 Å². The minimum absolute atomic E-state index is 0.0955. The minimum atomic E-state index is 0.0955. The number of nitrogens with one attached hydrogen (secondary N) is 1. The SMILES string of the molecule is CCc1cc(NC(C)CC(C)(C)c2ccccc2)c2nncn2n1. The zero-order valence-corrected chi connectivity index (χ0v) is 14.8. The summed E-state index contributed by atoms with van der Waals surface area (Å²) in [5.74, 6) is 0. The minimum Gasteiger partial charge on any atom is -0.379 e. The third-order valence-corrected chi connectivity index (χ3v) is 4.45. The van der Waals surface area contributed by atoms with Gasteiger partial charge in [-0.25, -0.2) is 0 Å². The van der Waals surface area contributed by atoms with Gasteiger partial charge in [-0.2, -0.15) is 9.61 Å². The molecule has 5 nitrogen and oxygen atoms in total. The van der Waals surface area contributed by atoms with E-state index in [9.17, 15) is 0 Å². The second-order valence-electron chi connectivity index (χ2n) is 7.00. The Kier molecular flexibility index (Phi) is 4.51. The predicted octanol–water partition coefficient (Wildman–Crippen LogP) is 3.86. The van der Waals surface area contributed by atoms with Crippen molar-refractivity contribution in [2.75, 3.05) is 5.32 Å². The first kappa shape index (κ1) is 16.4. The van der Waals surface area contributed by atoms with Crippen molar-refractivity contribution in [3.63, 3.8) is 0 Å². The van der Waals surface area contributed by atoms with Crippen molar-refractivity contribution in [1.82, 2.24) is 19.8 Å². The Morgan fingerprint density at radius 2 is 1.96 bits per heavy atom. The summed E-state index contributed by atoms with van der Waals surface area (Å²) >= 11 is 0. The van der Waals surface area contributed by atoms with Crippen LogP contribution in [-0.2, 0) is 11.8 Å². The van der Waals surface area contributed by atoms with Crippen LogP contribution in [-0.4, -0.2) is 25.9 Å². The molecule has 0 amide bonds. The van der Waals surface area contributed by atoms with E-state index in [1.165, 1.54) is 5.56 Å². The molecule has 0 bridgehead atoms. The van der Waals surface area contributed by atoms with Crippen LogP contribution < -0.4 is 5.32 Å². The second kappa shape index (κ2) is 6.59. The van der Waals surface area contributed by atoms with E-state index in [1.54, 1.807) is 10.8 Å². The normalized spacial score (nSPS) is 13.2. The smallest absolute Gasteiger partial charge is 0.200 e. The van der Waals surface area contributed by atoms with E-state index in [4.69, 9.17) is 0 Å². The molecule has 3 aromatic rings. The van der Waals surface area contributed by atoms with Gasteiger partial charge in [0.05, 0.1) is 11.4 Å². The van der Waals surface area contributed by atoms with Crippen LogP contribution in [0, 0.1) is 0 Å². The molecule has 0 aliphatic heterocycles. The lowest BCUT2D eigenvalue weighted by molar-refractivity contribution is 0.450. The fourth-order valence-corrected chi connectivity index (χ4v) is 3.25. The summed E-state index contributed by atoms with van der Waals surface area (Å²) in [6.07, 6.45) is 3.55. The van der Waals surface area contributed by atoms with Crippen molar-refractivity contribution in [3.05, 3.63) is 54.0 Å². The first-order chi connectivity index (χ1) is 11.5. The fraction of sp³-hybridized carbons (Fsp3) is 0.421. The molecule has 3 rings (SSSR count). The Balaban J connectivity index is 1.80. The Hall–Kier alpha value is -2.43. The van der Waals surface area contributed by atoms with Crippen LogP contribution in [0.15, 0.2) is 42.7 Å². The first-order valence-corrected chi connectivity index (χ1v) is 8.51. The molecule has 2 heterocycles. The summed E-state index contributed by atoms with van der Waals surface area (Å²) < 4.78 is 1.75. The number of hydrogen-bond donors (Lipinski definition) is 1. The summed E-state index contributed by atoms with van der Waals surface area (Å²) in [6.45, 7) is 8.89. The standard InChI is InChI=1S/C19H25N5/c1-5-16-11-17(18-22-20-13-24(18)23-16)21-14(2)12-19(3,4)15-9-7-6-8-10-15/h6-11,13-14,21H,5,12H2,1-4H3. The highest BCUT2D eigenvalue weighted by Gasteiger charge is 2.23. The number of aryl methyl sites for hydroxylation is 1. The molecule has 0 fully saturated rings. The Morgan fingerprint density at radius 1 is 1.21 bits per heavy atom. The van der Waals surface area contributed by atoms with Gasteiger partial charge in [0, 0.05) is 6.04 Å². The molecule has 126 valence electrons. The van der Waals surface area contributed by atoms with Gasteiger partial charge in [0.25, 0.3) is 0 Å². The molecule has 1 unspecified atom stereocenters. The van der Waals surface area contributed by atoms with Crippen LogP contribution in [0.5, 0.6) is 0 Å². The van der Waals surface area contributed by atoms with Crippen LogP contribution in [0.1, 0.15) is 45.4 Å². The Labute approximate surface area is 143 Å². The number of rotatable bonds is 6. The molecule has 0 saturated heterocycles. The third kappa shape index (κ3) is 3.40. The number of benzene rings is 1. The Morgan fingerprint density at radius 3 is 2.67 bits per heavy atom. The van der Waals surface area contributed by atoms with E-state index in [-0.39, 0.29) is 5.41 Å². The van der Waals surface area contributed by atoms with Gasteiger partial charge in [-0.05, 0) is 36.8 Å². The maximum absolute atomic E-state index is 4.50. The van der Waals surface area contributed by atoms with E-state index >= 15 is 0 Å². The predicted molar refractivity (Wildman–Crippen MR) is 97.3 cm³/mol. The van der Waals surface area contributed by atoms with Crippen LogP contribution in [0.25, 0.3) is 5.65 Å². The van der Waals surface area contributed by atoms with Gasteiger partial charge in [0.2, 0.25) is 5.65 Å². The molecule has 0 saturated carbocycles. The van der Waals surface area contributed by atoms with Gasteiger partial charge in [-0.3, -0.25) is 0 Å². The van der Waals surface area contributed by atoms with Gasteiger partial charge >= 0.3 is 0 Å². The van der Waals surface area contributed by atoms with Crippen molar-refractivity contribution in [2.24, 2.45) is 0 Å². The van der Waals surface area contributed by atoms with E-state index in [0.29, 0.717) is 6.04 Å². The molecule has 0 spiro atoms. The van der Waals surface area contributed by atoms with E-state index in [0.717, 1.165) is 29.9 Å². The fourth-order valence-electron chi connectivity index (χ4n) is 3.25. The van der Waals surface area contributed by atoms with E-state index in [2.05, 4.69) is 84.7 Å².